The monoisotopic (exact) mass is 484 g/mol. The van der Waals surface area contributed by atoms with Crippen molar-refractivity contribution in [3.05, 3.63) is 59.8 Å². The Balaban J connectivity index is 1.54. The topological polar surface area (TPSA) is 83.6 Å². The molecule has 3 aromatic rings. The number of para-hydroxylation sites is 1. The van der Waals surface area contributed by atoms with Crippen molar-refractivity contribution >= 4 is 30.9 Å². The SMILES string of the molecule is CO[C@H]1c2cc(NC(=O)Cc3c[nH]c4ccccc34)ccc2O[C@@H](C(CCO)[Si](C)(C)F)[C@@H]1C. The molecule has 3 N–H and O–H groups in total. The Bertz CT molecular complexity index is 1160. The molecule has 182 valence electrons. The summed E-state index contributed by atoms with van der Waals surface area (Å²) in [6.45, 7) is 5.23. The first-order valence-corrected chi connectivity index (χ1v) is 14.7. The molecule has 2 aromatic carbocycles. The molecular weight excluding hydrogens is 451 g/mol. The van der Waals surface area contributed by atoms with Crippen LogP contribution in [0.15, 0.2) is 48.7 Å². The van der Waals surface area contributed by atoms with E-state index in [0.29, 0.717) is 17.9 Å². The number of nitrogens with one attached hydrogen (secondary N) is 2. The second kappa shape index (κ2) is 9.89. The van der Waals surface area contributed by atoms with Crippen molar-refractivity contribution in [2.75, 3.05) is 19.0 Å². The lowest BCUT2D eigenvalue weighted by Crippen LogP contribution is -2.46. The van der Waals surface area contributed by atoms with Crippen molar-refractivity contribution in [3.63, 3.8) is 0 Å². The Labute approximate surface area is 200 Å². The highest BCUT2D eigenvalue weighted by Gasteiger charge is 2.47. The van der Waals surface area contributed by atoms with E-state index in [-0.39, 0.29) is 36.5 Å². The molecule has 0 radical (unpaired) electrons. The van der Waals surface area contributed by atoms with Gasteiger partial charge in [-0.25, -0.2) is 0 Å². The largest absolute Gasteiger partial charge is 0.490 e. The molecule has 1 aromatic heterocycles. The molecule has 1 amide bonds. The molecule has 1 unspecified atom stereocenters. The molecule has 4 rings (SSSR count). The van der Waals surface area contributed by atoms with Crippen LogP contribution in [0.4, 0.5) is 9.80 Å². The Morgan fingerprint density at radius 3 is 2.76 bits per heavy atom. The molecule has 2 heterocycles. The molecule has 0 aliphatic carbocycles. The summed E-state index contributed by atoms with van der Waals surface area (Å²) in [5.74, 6) is 0.397. The minimum Gasteiger partial charge on any atom is -0.490 e. The van der Waals surface area contributed by atoms with Gasteiger partial charge in [-0.2, -0.15) is 0 Å². The number of carbonyl (C=O) groups excluding carboxylic acids is 1. The highest BCUT2D eigenvalue weighted by atomic mass is 28.4. The summed E-state index contributed by atoms with van der Waals surface area (Å²) >= 11 is 0. The first-order chi connectivity index (χ1) is 16.2. The molecule has 0 saturated carbocycles. The van der Waals surface area contributed by atoms with Crippen molar-refractivity contribution in [3.8, 4) is 5.75 Å². The van der Waals surface area contributed by atoms with Crippen molar-refractivity contribution in [1.82, 2.24) is 4.98 Å². The number of rotatable bonds is 8. The van der Waals surface area contributed by atoms with Gasteiger partial charge in [0.1, 0.15) is 11.9 Å². The molecule has 0 saturated heterocycles. The fourth-order valence-electron chi connectivity index (χ4n) is 5.15. The van der Waals surface area contributed by atoms with Gasteiger partial charge in [-0.1, -0.05) is 25.1 Å². The molecule has 1 aliphatic heterocycles. The number of amides is 1. The van der Waals surface area contributed by atoms with E-state index in [2.05, 4.69) is 10.3 Å². The second-order valence-corrected chi connectivity index (χ2v) is 13.5. The fourth-order valence-corrected chi connectivity index (χ4v) is 7.12. The Morgan fingerprint density at radius 1 is 1.29 bits per heavy atom. The van der Waals surface area contributed by atoms with Gasteiger partial charge in [-0.05, 0) is 49.3 Å². The minimum atomic E-state index is -3.08. The van der Waals surface area contributed by atoms with Crippen LogP contribution in [0.25, 0.3) is 10.9 Å². The number of H-pyrrole nitrogens is 1. The summed E-state index contributed by atoms with van der Waals surface area (Å²) in [6.07, 6.45) is 1.78. The predicted molar refractivity (Wildman–Crippen MR) is 134 cm³/mol. The van der Waals surface area contributed by atoms with E-state index in [9.17, 15) is 9.90 Å². The van der Waals surface area contributed by atoms with E-state index in [1.54, 1.807) is 26.3 Å². The fraction of sp³-hybridized carbons (Fsp3) is 0.423. The average Bonchev–Trinajstić information content (AvgIpc) is 3.19. The van der Waals surface area contributed by atoms with E-state index >= 15 is 4.11 Å². The normalized spacial score (nSPS) is 21.1. The first kappa shape index (κ1) is 24.4. The Hall–Kier alpha value is -2.68. The third-order valence-electron chi connectivity index (χ3n) is 6.86. The second-order valence-electron chi connectivity index (χ2n) is 9.62. The quantitative estimate of drug-likeness (QED) is 0.297. The summed E-state index contributed by atoms with van der Waals surface area (Å²) in [6, 6.07) is 13.4. The van der Waals surface area contributed by atoms with Crippen LogP contribution in [0.5, 0.6) is 5.75 Å². The maximum absolute atomic E-state index is 15.1. The molecule has 1 aliphatic rings. The standard InChI is InChI=1S/C26H33FN2O4Si/c1-16-25(32-2)20-14-18(9-10-22(20)33-26(16)23(11-12-30)34(3,4)27)29-24(31)13-17-15-28-21-8-6-5-7-19(17)21/h5-10,14-16,23,25-26,28,30H,11-13H2,1-4H3,(H,29,31)/t16-,23?,25-,26-/m1/s1. The van der Waals surface area contributed by atoms with Gasteiger partial charge in [0, 0.05) is 53.5 Å². The number of aliphatic hydroxyl groups excluding tert-OH is 1. The van der Waals surface area contributed by atoms with Gasteiger partial charge in [-0.15, -0.1) is 0 Å². The molecule has 4 atom stereocenters. The summed E-state index contributed by atoms with van der Waals surface area (Å²) < 4.78 is 27.2. The van der Waals surface area contributed by atoms with E-state index in [1.165, 1.54) is 0 Å². The van der Waals surface area contributed by atoms with Crippen LogP contribution >= 0.6 is 0 Å². The first-order valence-electron chi connectivity index (χ1n) is 11.7. The number of hydrogen-bond donors (Lipinski definition) is 3. The molecule has 8 heteroatoms. The van der Waals surface area contributed by atoms with Crippen LogP contribution in [0.1, 0.15) is 30.6 Å². The molecular formula is C26H33FN2O4Si. The predicted octanol–water partition coefficient (Wildman–Crippen LogP) is 5.36. The molecule has 0 bridgehead atoms. The summed E-state index contributed by atoms with van der Waals surface area (Å²) in [5, 5.41) is 13.6. The number of aromatic amines is 1. The number of aromatic nitrogens is 1. The van der Waals surface area contributed by atoms with Crippen LogP contribution in [0.3, 0.4) is 0 Å². The number of methoxy groups -OCH3 is 1. The van der Waals surface area contributed by atoms with Gasteiger partial charge in [0.05, 0.1) is 12.5 Å². The van der Waals surface area contributed by atoms with Gasteiger partial charge in [0.25, 0.3) is 0 Å². The number of aliphatic hydroxyl groups is 1. The van der Waals surface area contributed by atoms with E-state index in [1.807, 2.05) is 49.5 Å². The van der Waals surface area contributed by atoms with Crippen LogP contribution in [0, 0.1) is 5.92 Å². The summed E-state index contributed by atoms with van der Waals surface area (Å²) in [4.78, 5) is 16.0. The smallest absolute Gasteiger partial charge is 0.247 e. The van der Waals surface area contributed by atoms with Crippen molar-refractivity contribution in [2.45, 2.75) is 50.6 Å². The van der Waals surface area contributed by atoms with Crippen LogP contribution in [0.2, 0.25) is 18.6 Å². The Morgan fingerprint density at radius 2 is 2.06 bits per heavy atom. The lowest BCUT2D eigenvalue weighted by Gasteiger charge is -2.43. The minimum absolute atomic E-state index is 0.0799. The summed E-state index contributed by atoms with van der Waals surface area (Å²) in [7, 11) is -1.45. The van der Waals surface area contributed by atoms with E-state index in [0.717, 1.165) is 22.0 Å². The lowest BCUT2D eigenvalue weighted by molar-refractivity contribution is -0.115. The van der Waals surface area contributed by atoms with Gasteiger partial charge in [0.2, 0.25) is 14.3 Å². The number of hydrogen-bond acceptors (Lipinski definition) is 4. The van der Waals surface area contributed by atoms with E-state index < -0.39 is 14.5 Å². The van der Waals surface area contributed by atoms with E-state index in [4.69, 9.17) is 9.47 Å². The number of benzene rings is 2. The van der Waals surface area contributed by atoms with Crippen molar-refractivity contribution < 1.29 is 23.5 Å². The number of ether oxygens (including phenoxy) is 2. The number of anilines is 1. The molecule has 6 nitrogen and oxygen atoms in total. The van der Waals surface area contributed by atoms with Crippen LogP contribution in [-0.4, -0.2) is 44.2 Å². The number of halogens is 1. The average molecular weight is 485 g/mol. The number of fused-ring (bicyclic) bond motifs is 2. The van der Waals surface area contributed by atoms with Gasteiger partial charge >= 0.3 is 0 Å². The highest BCUT2D eigenvalue weighted by molar-refractivity contribution is 6.72. The van der Waals surface area contributed by atoms with Gasteiger partial charge < -0.3 is 29.0 Å². The highest BCUT2D eigenvalue weighted by Crippen LogP contribution is 2.47. The zero-order valence-electron chi connectivity index (χ0n) is 20.1. The maximum atomic E-state index is 15.1. The zero-order valence-corrected chi connectivity index (χ0v) is 21.1. The van der Waals surface area contributed by atoms with Gasteiger partial charge in [-0.3, -0.25) is 4.79 Å². The van der Waals surface area contributed by atoms with Crippen LogP contribution in [-0.2, 0) is 16.0 Å². The molecule has 0 spiro atoms. The van der Waals surface area contributed by atoms with Crippen molar-refractivity contribution in [1.29, 1.82) is 0 Å². The third-order valence-corrected chi connectivity index (χ3v) is 9.24. The number of carbonyl (C=O) groups is 1. The van der Waals surface area contributed by atoms with Crippen molar-refractivity contribution in [2.24, 2.45) is 5.92 Å². The molecule has 0 fully saturated rings. The molecule has 34 heavy (non-hydrogen) atoms. The zero-order chi connectivity index (χ0) is 24.5. The van der Waals surface area contributed by atoms with Gasteiger partial charge in [0.15, 0.2) is 0 Å². The lowest BCUT2D eigenvalue weighted by atomic mass is 9.86. The van der Waals surface area contributed by atoms with Crippen LogP contribution < -0.4 is 10.1 Å². The Kier molecular flexibility index (Phi) is 7.11. The summed E-state index contributed by atoms with van der Waals surface area (Å²) in [5.41, 5.74) is 3.08. The third kappa shape index (κ3) is 4.89. The maximum Gasteiger partial charge on any atom is 0.247 e.